The number of rotatable bonds is 0. The van der Waals surface area contributed by atoms with Gasteiger partial charge >= 0.3 is 0 Å². The number of fused-ring (bicyclic) bond motifs is 1. The third kappa shape index (κ3) is 1.13. The van der Waals surface area contributed by atoms with Crippen molar-refractivity contribution in [3.63, 3.8) is 0 Å². The zero-order valence-electron chi connectivity index (χ0n) is 5.97. The van der Waals surface area contributed by atoms with Gasteiger partial charge in [-0.25, -0.2) is 0 Å². The molecule has 1 nitrogen and oxygen atoms in total. The van der Waals surface area contributed by atoms with Crippen molar-refractivity contribution in [2.75, 3.05) is 5.73 Å². The van der Waals surface area contributed by atoms with Crippen LogP contribution in [-0.2, 0) is 0 Å². The van der Waals surface area contributed by atoms with Gasteiger partial charge in [0.2, 0.25) is 0 Å². The van der Waals surface area contributed by atoms with Gasteiger partial charge in [-0.1, -0.05) is 11.6 Å². The van der Waals surface area contributed by atoms with Gasteiger partial charge in [-0.15, -0.1) is 11.3 Å². The molecule has 0 radical (unpaired) electrons. The molecule has 4 heteroatoms. The van der Waals surface area contributed by atoms with Gasteiger partial charge in [-0.05, 0) is 33.4 Å². The van der Waals surface area contributed by atoms with Crippen LogP contribution in [0.4, 0.5) is 5.69 Å². The number of nitrogen functional groups attached to an aromatic ring is 1. The van der Waals surface area contributed by atoms with Crippen LogP contribution in [0.2, 0.25) is 5.02 Å². The summed E-state index contributed by atoms with van der Waals surface area (Å²) in [6.45, 7) is 0. The zero-order valence-corrected chi connectivity index (χ0v) is 9.13. The number of nitrogens with two attached hydrogens (primary N) is 1. The van der Waals surface area contributed by atoms with E-state index in [1.807, 2.05) is 17.5 Å². The van der Waals surface area contributed by atoms with E-state index in [9.17, 15) is 0 Å². The Balaban J connectivity index is 2.97. The minimum Gasteiger partial charge on any atom is -0.398 e. The SMILES string of the molecule is Nc1cc(Br)c(Cl)c2ccsc12. The smallest absolute Gasteiger partial charge is 0.0636 e. The van der Waals surface area contributed by atoms with Crippen molar-refractivity contribution >= 4 is 54.6 Å². The van der Waals surface area contributed by atoms with Gasteiger partial charge < -0.3 is 5.73 Å². The van der Waals surface area contributed by atoms with Crippen molar-refractivity contribution in [2.24, 2.45) is 0 Å². The van der Waals surface area contributed by atoms with E-state index < -0.39 is 0 Å². The van der Waals surface area contributed by atoms with Crippen LogP contribution in [0.5, 0.6) is 0 Å². The molecule has 0 bridgehead atoms. The maximum Gasteiger partial charge on any atom is 0.0636 e. The molecule has 0 spiro atoms. The standard InChI is InChI=1S/C8H5BrClNS/c9-5-3-6(11)8-4(7(5)10)1-2-12-8/h1-3H,11H2. The van der Waals surface area contributed by atoms with Gasteiger partial charge in [0.15, 0.2) is 0 Å². The second kappa shape index (κ2) is 2.91. The van der Waals surface area contributed by atoms with Gasteiger partial charge in [0.25, 0.3) is 0 Å². The summed E-state index contributed by atoms with van der Waals surface area (Å²) < 4.78 is 1.91. The summed E-state index contributed by atoms with van der Waals surface area (Å²) in [6, 6.07) is 3.81. The highest BCUT2D eigenvalue weighted by molar-refractivity contribution is 9.10. The number of benzene rings is 1. The highest BCUT2D eigenvalue weighted by Crippen LogP contribution is 2.37. The summed E-state index contributed by atoms with van der Waals surface area (Å²) >= 11 is 11.0. The molecular weight excluding hydrogens is 258 g/mol. The Bertz CT molecular complexity index is 438. The Hall–Kier alpha value is -0.250. The molecule has 1 heterocycles. The Morgan fingerprint density at radius 1 is 1.50 bits per heavy atom. The second-order valence-corrected chi connectivity index (χ2v) is 4.57. The predicted octanol–water partition coefficient (Wildman–Crippen LogP) is 3.90. The molecule has 0 aliphatic rings. The van der Waals surface area contributed by atoms with Crippen LogP contribution >= 0.6 is 38.9 Å². The van der Waals surface area contributed by atoms with E-state index in [2.05, 4.69) is 15.9 Å². The lowest BCUT2D eigenvalue weighted by molar-refractivity contribution is 1.73. The predicted molar refractivity (Wildman–Crippen MR) is 58.9 cm³/mol. The maximum atomic E-state index is 6.04. The molecule has 12 heavy (non-hydrogen) atoms. The van der Waals surface area contributed by atoms with E-state index >= 15 is 0 Å². The van der Waals surface area contributed by atoms with Gasteiger partial charge in [0.1, 0.15) is 0 Å². The molecule has 2 aromatic rings. The van der Waals surface area contributed by atoms with E-state index in [-0.39, 0.29) is 0 Å². The first-order chi connectivity index (χ1) is 5.70. The number of hydrogen-bond donors (Lipinski definition) is 1. The fraction of sp³-hybridized carbons (Fsp3) is 0. The molecule has 62 valence electrons. The van der Waals surface area contributed by atoms with Crippen LogP contribution in [0, 0.1) is 0 Å². The van der Waals surface area contributed by atoms with Crippen LogP contribution in [0.3, 0.4) is 0 Å². The zero-order chi connectivity index (χ0) is 8.72. The van der Waals surface area contributed by atoms with E-state index in [1.54, 1.807) is 11.3 Å². The van der Waals surface area contributed by atoms with Crippen molar-refractivity contribution in [1.82, 2.24) is 0 Å². The summed E-state index contributed by atoms with van der Waals surface area (Å²) in [5.41, 5.74) is 6.57. The number of thiophene rings is 1. The van der Waals surface area contributed by atoms with E-state index in [1.165, 1.54) is 0 Å². The molecule has 0 unspecified atom stereocenters. The average Bonchev–Trinajstić information content (AvgIpc) is 2.48. The van der Waals surface area contributed by atoms with Gasteiger partial charge in [0, 0.05) is 9.86 Å². The molecule has 0 fully saturated rings. The minimum absolute atomic E-state index is 0.737. The largest absolute Gasteiger partial charge is 0.398 e. The van der Waals surface area contributed by atoms with Crippen LogP contribution < -0.4 is 5.73 Å². The van der Waals surface area contributed by atoms with Crippen LogP contribution in [-0.4, -0.2) is 0 Å². The lowest BCUT2D eigenvalue weighted by Crippen LogP contribution is -1.84. The maximum absolute atomic E-state index is 6.04. The Kier molecular flexibility index (Phi) is 2.02. The highest BCUT2D eigenvalue weighted by Gasteiger charge is 2.07. The van der Waals surface area contributed by atoms with E-state index in [0.29, 0.717) is 0 Å². The van der Waals surface area contributed by atoms with Gasteiger partial charge in [-0.2, -0.15) is 0 Å². The molecule has 1 aromatic carbocycles. The van der Waals surface area contributed by atoms with Crippen LogP contribution in [0.1, 0.15) is 0 Å². The van der Waals surface area contributed by atoms with Crippen LogP contribution in [0.15, 0.2) is 22.0 Å². The molecular formula is C8H5BrClNS. The molecule has 0 atom stereocenters. The molecule has 1 aromatic heterocycles. The Labute approximate surface area is 87.3 Å². The summed E-state index contributed by atoms with van der Waals surface area (Å²) in [4.78, 5) is 0. The molecule has 0 saturated heterocycles. The van der Waals surface area contributed by atoms with Crippen LogP contribution in [0.25, 0.3) is 10.1 Å². The van der Waals surface area contributed by atoms with Crippen molar-refractivity contribution < 1.29 is 0 Å². The lowest BCUT2D eigenvalue weighted by Gasteiger charge is -2.00. The Morgan fingerprint density at radius 3 is 3.00 bits per heavy atom. The molecule has 0 aliphatic carbocycles. The average molecular weight is 263 g/mol. The molecule has 0 saturated carbocycles. The highest BCUT2D eigenvalue weighted by atomic mass is 79.9. The van der Waals surface area contributed by atoms with Crippen molar-refractivity contribution in [3.05, 3.63) is 27.0 Å². The van der Waals surface area contributed by atoms with Crippen molar-refractivity contribution in [3.8, 4) is 0 Å². The lowest BCUT2D eigenvalue weighted by atomic mass is 10.2. The quantitative estimate of drug-likeness (QED) is 0.716. The van der Waals surface area contributed by atoms with Gasteiger partial charge in [0.05, 0.1) is 15.4 Å². The molecule has 2 rings (SSSR count). The summed E-state index contributed by atoms with van der Waals surface area (Å²) in [5.74, 6) is 0. The van der Waals surface area contributed by atoms with Crippen molar-refractivity contribution in [1.29, 1.82) is 0 Å². The Morgan fingerprint density at radius 2 is 2.25 bits per heavy atom. The summed E-state index contributed by atoms with van der Waals surface area (Å²) in [6.07, 6.45) is 0. The fourth-order valence-corrected chi connectivity index (χ4v) is 2.66. The first-order valence-electron chi connectivity index (χ1n) is 3.31. The number of hydrogen-bond acceptors (Lipinski definition) is 2. The fourth-order valence-electron chi connectivity index (χ4n) is 1.10. The van der Waals surface area contributed by atoms with E-state index in [4.69, 9.17) is 17.3 Å². The second-order valence-electron chi connectivity index (χ2n) is 2.42. The summed E-state index contributed by atoms with van der Waals surface area (Å²) in [5, 5.41) is 3.74. The number of anilines is 1. The molecule has 0 aliphatic heterocycles. The monoisotopic (exact) mass is 261 g/mol. The summed E-state index contributed by atoms with van der Waals surface area (Å²) in [7, 11) is 0. The van der Waals surface area contributed by atoms with E-state index in [0.717, 1.165) is 25.3 Å². The minimum atomic E-state index is 0.737. The molecule has 0 amide bonds. The normalized spacial score (nSPS) is 10.8. The van der Waals surface area contributed by atoms with Crippen molar-refractivity contribution in [2.45, 2.75) is 0 Å². The number of halogens is 2. The third-order valence-corrected chi connectivity index (χ3v) is 3.88. The first-order valence-corrected chi connectivity index (χ1v) is 5.36. The topological polar surface area (TPSA) is 26.0 Å². The first kappa shape index (κ1) is 8.35. The molecule has 2 N–H and O–H groups in total. The third-order valence-electron chi connectivity index (χ3n) is 1.66. The van der Waals surface area contributed by atoms with Gasteiger partial charge in [-0.3, -0.25) is 0 Å².